The second kappa shape index (κ2) is 6.43. The summed E-state index contributed by atoms with van der Waals surface area (Å²) in [5.41, 5.74) is 0.565. The summed E-state index contributed by atoms with van der Waals surface area (Å²) in [6, 6.07) is 4.65. The van der Waals surface area contributed by atoms with E-state index >= 15 is 0 Å². The maximum absolute atomic E-state index is 11.2. The normalized spacial score (nSPS) is 13.5. The lowest BCUT2D eigenvalue weighted by atomic mass is 10.0. The quantitative estimate of drug-likeness (QED) is 0.842. The van der Waals surface area contributed by atoms with Crippen LogP contribution >= 0.6 is 11.6 Å². The Labute approximate surface area is 116 Å². The number of benzene rings is 1. The summed E-state index contributed by atoms with van der Waals surface area (Å²) in [7, 11) is 1.27. The fourth-order valence-electron chi connectivity index (χ4n) is 1.43. The van der Waals surface area contributed by atoms with Crippen LogP contribution in [0.2, 0.25) is 5.02 Å². The third-order valence-electron chi connectivity index (χ3n) is 2.66. The maximum atomic E-state index is 11.2. The van der Waals surface area contributed by atoms with Crippen molar-refractivity contribution in [3.63, 3.8) is 0 Å². The van der Waals surface area contributed by atoms with Crippen LogP contribution in [0.4, 0.5) is 0 Å². The summed E-state index contributed by atoms with van der Waals surface area (Å²) in [6.07, 6.45) is -0.787. The highest BCUT2D eigenvalue weighted by Crippen LogP contribution is 2.29. The molecule has 0 spiro atoms. The van der Waals surface area contributed by atoms with E-state index < -0.39 is 24.0 Å². The van der Waals surface area contributed by atoms with Gasteiger partial charge in [-0.25, -0.2) is 4.79 Å². The van der Waals surface area contributed by atoms with Crippen molar-refractivity contribution in [3.8, 4) is 5.75 Å². The van der Waals surface area contributed by atoms with Crippen molar-refractivity contribution in [2.75, 3.05) is 7.11 Å². The van der Waals surface area contributed by atoms with Gasteiger partial charge in [-0.2, -0.15) is 0 Å². The van der Waals surface area contributed by atoms with Gasteiger partial charge in [0.05, 0.1) is 18.1 Å². The molecular formula is C13H15ClO5. The number of methoxy groups -OCH3 is 1. The van der Waals surface area contributed by atoms with Crippen LogP contribution in [0, 0.1) is 0 Å². The van der Waals surface area contributed by atoms with Gasteiger partial charge in [0, 0.05) is 0 Å². The van der Waals surface area contributed by atoms with Gasteiger partial charge in [0.15, 0.2) is 6.10 Å². The minimum atomic E-state index is -0.937. The highest BCUT2D eigenvalue weighted by atomic mass is 35.5. The molecule has 0 aliphatic carbocycles. The van der Waals surface area contributed by atoms with E-state index in [0.717, 1.165) is 0 Å². The van der Waals surface area contributed by atoms with E-state index in [1.165, 1.54) is 26.2 Å². The number of aliphatic carboxylic acids is 1. The standard InChI is InChI=1S/C13H15ClO5/c1-7(12(15)16)9-4-5-11(10(14)6-9)19-8(2)13(17)18-3/h4-8H,1-3H3,(H,15,16). The van der Waals surface area contributed by atoms with Crippen LogP contribution in [0.25, 0.3) is 0 Å². The highest BCUT2D eigenvalue weighted by molar-refractivity contribution is 6.32. The molecule has 0 bridgehead atoms. The molecule has 2 atom stereocenters. The largest absolute Gasteiger partial charge is 0.481 e. The van der Waals surface area contributed by atoms with Crippen LogP contribution in [0.1, 0.15) is 25.3 Å². The third-order valence-corrected chi connectivity index (χ3v) is 2.96. The van der Waals surface area contributed by atoms with E-state index in [-0.39, 0.29) is 5.02 Å². The van der Waals surface area contributed by atoms with Gasteiger partial charge in [0.2, 0.25) is 0 Å². The van der Waals surface area contributed by atoms with Crippen LogP contribution in [-0.4, -0.2) is 30.3 Å². The predicted octanol–water partition coefficient (Wildman–Crippen LogP) is 2.47. The number of esters is 1. The first-order valence-corrected chi connectivity index (χ1v) is 6.01. The fourth-order valence-corrected chi connectivity index (χ4v) is 1.66. The molecule has 2 unspecified atom stereocenters. The Kier molecular flexibility index (Phi) is 5.18. The van der Waals surface area contributed by atoms with Gasteiger partial charge in [-0.15, -0.1) is 0 Å². The highest BCUT2D eigenvalue weighted by Gasteiger charge is 2.18. The molecule has 0 aliphatic rings. The number of carbonyl (C=O) groups is 2. The number of ether oxygens (including phenoxy) is 2. The van der Waals surface area contributed by atoms with Gasteiger partial charge in [0.1, 0.15) is 5.75 Å². The van der Waals surface area contributed by atoms with Crippen LogP contribution in [0.5, 0.6) is 5.75 Å². The number of halogens is 1. The maximum Gasteiger partial charge on any atom is 0.346 e. The zero-order valence-electron chi connectivity index (χ0n) is 10.8. The van der Waals surface area contributed by atoms with Crippen LogP contribution in [-0.2, 0) is 14.3 Å². The average Bonchev–Trinajstić information content (AvgIpc) is 2.38. The number of rotatable bonds is 5. The van der Waals surface area contributed by atoms with Gasteiger partial charge in [-0.1, -0.05) is 17.7 Å². The Balaban J connectivity index is 2.89. The topological polar surface area (TPSA) is 72.8 Å². The Morgan fingerprint density at radius 2 is 1.95 bits per heavy atom. The predicted molar refractivity (Wildman–Crippen MR) is 69.6 cm³/mol. The molecule has 1 rings (SSSR count). The molecule has 0 saturated carbocycles. The summed E-state index contributed by atoms with van der Waals surface area (Å²) >= 11 is 6.00. The van der Waals surface area contributed by atoms with Gasteiger partial charge in [0.25, 0.3) is 0 Å². The first-order valence-electron chi connectivity index (χ1n) is 5.63. The molecule has 1 aromatic rings. The van der Waals surface area contributed by atoms with Gasteiger partial charge in [-0.3, -0.25) is 4.79 Å². The smallest absolute Gasteiger partial charge is 0.346 e. The minimum absolute atomic E-state index is 0.251. The first-order chi connectivity index (χ1) is 8.86. The molecule has 0 heterocycles. The Bertz CT molecular complexity index is 486. The number of hydrogen-bond donors (Lipinski definition) is 1. The lowest BCUT2D eigenvalue weighted by Gasteiger charge is -2.15. The molecule has 19 heavy (non-hydrogen) atoms. The van der Waals surface area contributed by atoms with Gasteiger partial charge >= 0.3 is 11.9 Å². The molecule has 5 nitrogen and oxygen atoms in total. The lowest BCUT2D eigenvalue weighted by Crippen LogP contribution is -2.25. The second-order valence-electron chi connectivity index (χ2n) is 4.03. The summed E-state index contributed by atoms with van der Waals surface area (Å²) in [6.45, 7) is 3.10. The summed E-state index contributed by atoms with van der Waals surface area (Å²) in [5.74, 6) is -1.81. The zero-order valence-corrected chi connectivity index (χ0v) is 11.6. The number of carbonyl (C=O) groups excluding carboxylic acids is 1. The molecule has 1 N–H and O–H groups in total. The molecule has 104 valence electrons. The molecule has 0 fully saturated rings. The minimum Gasteiger partial charge on any atom is -0.481 e. The molecule has 0 amide bonds. The van der Waals surface area contributed by atoms with Crippen molar-refractivity contribution >= 4 is 23.5 Å². The van der Waals surface area contributed by atoms with Crippen LogP contribution in [0.3, 0.4) is 0 Å². The fraction of sp³-hybridized carbons (Fsp3) is 0.385. The van der Waals surface area contributed by atoms with Crippen molar-refractivity contribution < 1.29 is 24.2 Å². The summed E-state index contributed by atoms with van der Waals surface area (Å²) in [4.78, 5) is 22.1. The molecule has 1 aromatic carbocycles. The van der Waals surface area contributed by atoms with E-state index in [0.29, 0.717) is 11.3 Å². The zero-order chi connectivity index (χ0) is 14.6. The van der Waals surface area contributed by atoms with Gasteiger partial charge < -0.3 is 14.6 Å². The van der Waals surface area contributed by atoms with E-state index in [4.69, 9.17) is 21.4 Å². The van der Waals surface area contributed by atoms with Gasteiger partial charge in [-0.05, 0) is 31.5 Å². The molecule has 6 heteroatoms. The van der Waals surface area contributed by atoms with Crippen LogP contribution < -0.4 is 4.74 Å². The second-order valence-corrected chi connectivity index (χ2v) is 4.44. The number of carboxylic acids is 1. The lowest BCUT2D eigenvalue weighted by molar-refractivity contribution is -0.147. The van der Waals surface area contributed by atoms with E-state index in [9.17, 15) is 9.59 Å². The van der Waals surface area contributed by atoms with E-state index in [1.807, 2.05) is 0 Å². The number of hydrogen-bond acceptors (Lipinski definition) is 4. The SMILES string of the molecule is COC(=O)C(C)Oc1ccc(C(C)C(=O)O)cc1Cl. The van der Waals surface area contributed by atoms with Crippen molar-refractivity contribution in [3.05, 3.63) is 28.8 Å². The Hall–Kier alpha value is -1.75. The third kappa shape index (κ3) is 3.86. The van der Waals surface area contributed by atoms with Crippen LogP contribution in [0.15, 0.2) is 18.2 Å². The van der Waals surface area contributed by atoms with Crippen molar-refractivity contribution in [1.29, 1.82) is 0 Å². The summed E-state index contributed by atoms with van der Waals surface area (Å²) in [5, 5.41) is 9.16. The number of carboxylic acid groups (broad SMARTS) is 1. The molecule has 0 aliphatic heterocycles. The molecule has 0 radical (unpaired) electrons. The average molecular weight is 287 g/mol. The monoisotopic (exact) mass is 286 g/mol. The molecular weight excluding hydrogens is 272 g/mol. The van der Waals surface area contributed by atoms with Crippen molar-refractivity contribution in [1.82, 2.24) is 0 Å². The van der Waals surface area contributed by atoms with E-state index in [1.54, 1.807) is 13.0 Å². The van der Waals surface area contributed by atoms with E-state index in [2.05, 4.69) is 4.74 Å². The Morgan fingerprint density at radius 3 is 2.42 bits per heavy atom. The summed E-state index contributed by atoms with van der Waals surface area (Å²) < 4.78 is 9.87. The first kappa shape index (κ1) is 15.3. The molecule has 0 aromatic heterocycles. The van der Waals surface area contributed by atoms with Crippen molar-refractivity contribution in [2.24, 2.45) is 0 Å². The Morgan fingerprint density at radius 1 is 1.32 bits per heavy atom. The van der Waals surface area contributed by atoms with Crippen molar-refractivity contribution in [2.45, 2.75) is 25.9 Å². The molecule has 0 saturated heterocycles.